The summed E-state index contributed by atoms with van der Waals surface area (Å²) in [6.07, 6.45) is 1.41. The monoisotopic (exact) mass is 282 g/mol. The van der Waals surface area contributed by atoms with E-state index in [1.54, 1.807) is 29.6 Å². The lowest BCUT2D eigenvalue weighted by Gasteiger charge is -2.39. The van der Waals surface area contributed by atoms with Crippen LogP contribution >= 0.6 is 0 Å². The van der Waals surface area contributed by atoms with Crippen molar-refractivity contribution in [1.29, 1.82) is 0 Å². The molecule has 1 aliphatic heterocycles. The molecule has 1 fully saturated rings. The van der Waals surface area contributed by atoms with Crippen molar-refractivity contribution in [3.63, 3.8) is 0 Å². The molecule has 1 aromatic heterocycles. The molecule has 0 spiro atoms. The Morgan fingerprint density at radius 1 is 1.35 bits per heavy atom. The third-order valence-electron chi connectivity index (χ3n) is 3.03. The van der Waals surface area contributed by atoms with Crippen molar-refractivity contribution in [3.05, 3.63) is 11.9 Å². The van der Waals surface area contributed by atoms with Gasteiger partial charge >= 0.3 is 6.09 Å². The van der Waals surface area contributed by atoms with Gasteiger partial charge in [-0.2, -0.15) is 0 Å². The summed E-state index contributed by atoms with van der Waals surface area (Å²) < 4.78 is 6.98. The first-order valence-corrected chi connectivity index (χ1v) is 6.69. The molecule has 0 saturated carbocycles. The molecule has 1 aromatic rings. The predicted octanol–water partition coefficient (Wildman–Crippen LogP) is 1.30. The zero-order valence-electron chi connectivity index (χ0n) is 12.6. The van der Waals surface area contributed by atoms with Crippen LogP contribution in [0.25, 0.3) is 0 Å². The Labute approximate surface area is 118 Å². The van der Waals surface area contributed by atoms with Gasteiger partial charge in [0, 0.05) is 13.1 Å². The van der Waals surface area contributed by atoms with E-state index >= 15 is 0 Å². The first-order valence-electron chi connectivity index (χ1n) is 6.69. The second-order valence-corrected chi connectivity index (χ2v) is 6.68. The van der Waals surface area contributed by atoms with Crippen LogP contribution in [0.2, 0.25) is 0 Å². The molecule has 0 aromatic carbocycles. The maximum absolute atomic E-state index is 11.8. The number of carbonyl (C=O) groups is 1. The van der Waals surface area contributed by atoms with Crippen LogP contribution < -0.4 is 0 Å². The van der Waals surface area contributed by atoms with Gasteiger partial charge in [-0.05, 0) is 34.6 Å². The number of rotatable bonds is 2. The van der Waals surface area contributed by atoms with Crippen LogP contribution in [0.3, 0.4) is 0 Å². The van der Waals surface area contributed by atoms with Crippen molar-refractivity contribution in [2.45, 2.75) is 51.9 Å². The average molecular weight is 282 g/mol. The van der Waals surface area contributed by atoms with E-state index in [0.717, 1.165) is 0 Å². The molecule has 0 bridgehead atoms. The third-order valence-corrected chi connectivity index (χ3v) is 3.03. The van der Waals surface area contributed by atoms with Gasteiger partial charge in [0.25, 0.3) is 0 Å². The first-order chi connectivity index (χ1) is 9.06. The summed E-state index contributed by atoms with van der Waals surface area (Å²) in [5.41, 5.74) is -0.968. The van der Waals surface area contributed by atoms with Crippen molar-refractivity contribution in [1.82, 2.24) is 19.9 Å². The van der Waals surface area contributed by atoms with E-state index in [9.17, 15) is 9.90 Å². The minimum Gasteiger partial charge on any atom is -0.444 e. The number of ether oxygens (including phenoxy) is 1. The number of aromatic nitrogens is 3. The third kappa shape index (κ3) is 3.27. The summed E-state index contributed by atoms with van der Waals surface area (Å²) in [6.45, 7) is 9.94. The number of amides is 1. The van der Waals surface area contributed by atoms with Gasteiger partial charge < -0.3 is 14.7 Å². The quantitative estimate of drug-likeness (QED) is 0.884. The normalized spacial score (nSPS) is 17.0. The fourth-order valence-corrected chi connectivity index (χ4v) is 1.83. The van der Waals surface area contributed by atoms with E-state index in [2.05, 4.69) is 10.3 Å². The van der Waals surface area contributed by atoms with Gasteiger partial charge in [0.15, 0.2) is 0 Å². The molecule has 0 radical (unpaired) electrons. The molecule has 2 rings (SSSR count). The summed E-state index contributed by atoms with van der Waals surface area (Å²) in [6, 6.07) is 0.0890. The van der Waals surface area contributed by atoms with Crippen LogP contribution in [0.5, 0.6) is 0 Å². The van der Waals surface area contributed by atoms with Gasteiger partial charge in [-0.1, -0.05) is 5.21 Å². The number of hydrogen-bond donors (Lipinski definition) is 1. The number of likely N-dealkylation sites (tertiary alicyclic amines) is 1. The molecule has 7 nitrogen and oxygen atoms in total. The lowest BCUT2D eigenvalue weighted by molar-refractivity contribution is -0.000678. The maximum atomic E-state index is 11.8. The standard InChI is InChI=1S/C13H22N4O3/c1-12(2,3)20-11(18)16-6-9(7-16)17-8-10(14-15-17)13(4,5)19/h8-9,19H,6-7H2,1-5H3. The molecule has 0 aliphatic carbocycles. The molecular weight excluding hydrogens is 260 g/mol. The SMILES string of the molecule is CC(C)(C)OC(=O)N1CC(n2cc(C(C)(C)O)nn2)C1. The van der Waals surface area contributed by atoms with E-state index in [0.29, 0.717) is 18.8 Å². The molecule has 7 heteroatoms. The summed E-state index contributed by atoms with van der Waals surface area (Å²) in [4.78, 5) is 13.4. The Balaban J connectivity index is 1.90. The molecule has 1 amide bonds. The predicted molar refractivity (Wildman–Crippen MR) is 72.1 cm³/mol. The van der Waals surface area contributed by atoms with Crippen molar-refractivity contribution >= 4 is 6.09 Å². The van der Waals surface area contributed by atoms with Crippen molar-refractivity contribution in [3.8, 4) is 0 Å². The fourth-order valence-electron chi connectivity index (χ4n) is 1.83. The summed E-state index contributed by atoms with van der Waals surface area (Å²) in [7, 11) is 0. The van der Waals surface area contributed by atoms with E-state index in [1.807, 2.05) is 20.8 Å². The highest BCUT2D eigenvalue weighted by Gasteiger charge is 2.36. The van der Waals surface area contributed by atoms with Gasteiger partial charge in [-0.15, -0.1) is 5.10 Å². The Bertz CT molecular complexity index is 492. The Morgan fingerprint density at radius 3 is 2.40 bits per heavy atom. The number of hydrogen-bond acceptors (Lipinski definition) is 5. The number of carbonyl (C=O) groups excluding carboxylic acids is 1. The summed E-state index contributed by atoms with van der Waals surface area (Å²) >= 11 is 0. The molecule has 2 heterocycles. The molecule has 1 aliphatic rings. The molecule has 1 saturated heterocycles. The second-order valence-electron chi connectivity index (χ2n) is 6.68. The zero-order valence-corrected chi connectivity index (χ0v) is 12.6. The second kappa shape index (κ2) is 4.73. The Morgan fingerprint density at radius 2 is 1.95 bits per heavy atom. The lowest BCUT2D eigenvalue weighted by atomic mass is 10.1. The minimum absolute atomic E-state index is 0.0890. The highest BCUT2D eigenvalue weighted by atomic mass is 16.6. The summed E-state index contributed by atoms with van der Waals surface area (Å²) in [5.74, 6) is 0. The van der Waals surface area contributed by atoms with E-state index in [4.69, 9.17) is 4.74 Å². The van der Waals surface area contributed by atoms with Gasteiger partial charge in [0.2, 0.25) is 0 Å². The highest BCUT2D eigenvalue weighted by Crippen LogP contribution is 2.24. The van der Waals surface area contributed by atoms with Gasteiger partial charge in [0.1, 0.15) is 16.9 Å². The van der Waals surface area contributed by atoms with E-state index < -0.39 is 11.2 Å². The van der Waals surface area contributed by atoms with Crippen molar-refractivity contribution in [2.75, 3.05) is 13.1 Å². The topological polar surface area (TPSA) is 80.5 Å². The van der Waals surface area contributed by atoms with E-state index in [-0.39, 0.29) is 12.1 Å². The molecule has 0 atom stereocenters. The lowest BCUT2D eigenvalue weighted by Crippen LogP contribution is -2.52. The van der Waals surface area contributed by atoms with Gasteiger partial charge in [0.05, 0.1) is 12.2 Å². The van der Waals surface area contributed by atoms with Crippen LogP contribution in [-0.2, 0) is 10.3 Å². The van der Waals surface area contributed by atoms with Crippen LogP contribution in [0.4, 0.5) is 4.79 Å². The average Bonchev–Trinajstić information content (AvgIpc) is 2.60. The maximum Gasteiger partial charge on any atom is 0.410 e. The van der Waals surface area contributed by atoms with Crippen LogP contribution in [0, 0.1) is 0 Å². The minimum atomic E-state index is -1.01. The van der Waals surface area contributed by atoms with Crippen LogP contribution in [0.15, 0.2) is 6.20 Å². The Kier molecular flexibility index (Phi) is 3.49. The molecule has 1 N–H and O–H groups in total. The zero-order chi connectivity index (χ0) is 15.1. The van der Waals surface area contributed by atoms with E-state index in [1.165, 1.54) is 0 Å². The largest absolute Gasteiger partial charge is 0.444 e. The highest BCUT2D eigenvalue weighted by molar-refractivity contribution is 5.69. The first kappa shape index (κ1) is 14.8. The van der Waals surface area contributed by atoms with Crippen LogP contribution in [-0.4, -0.2) is 49.8 Å². The van der Waals surface area contributed by atoms with Crippen molar-refractivity contribution in [2.24, 2.45) is 0 Å². The number of aliphatic hydroxyl groups is 1. The molecule has 0 unspecified atom stereocenters. The Hall–Kier alpha value is -1.63. The molecule has 20 heavy (non-hydrogen) atoms. The van der Waals surface area contributed by atoms with Gasteiger partial charge in [-0.3, -0.25) is 0 Å². The fraction of sp³-hybridized carbons (Fsp3) is 0.769. The smallest absolute Gasteiger partial charge is 0.410 e. The van der Waals surface area contributed by atoms with Gasteiger partial charge in [-0.25, -0.2) is 9.48 Å². The van der Waals surface area contributed by atoms with Crippen molar-refractivity contribution < 1.29 is 14.6 Å². The summed E-state index contributed by atoms with van der Waals surface area (Å²) in [5, 5.41) is 17.8. The molecular formula is C13H22N4O3. The van der Waals surface area contributed by atoms with Crippen LogP contribution in [0.1, 0.15) is 46.4 Å². The molecule has 112 valence electrons. The number of nitrogens with zero attached hydrogens (tertiary/aromatic N) is 4.